The van der Waals surface area contributed by atoms with Gasteiger partial charge in [0.1, 0.15) is 4.90 Å². The molecule has 2 N–H and O–H groups in total. The summed E-state index contributed by atoms with van der Waals surface area (Å²) in [5.41, 5.74) is 6.69. The summed E-state index contributed by atoms with van der Waals surface area (Å²) in [6, 6.07) is 7.28. The number of hydrogen-bond donors (Lipinski definition) is 2. The minimum Gasteiger partial charge on any atom is -0.306 e. The number of hydrogen-bond acceptors (Lipinski definition) is 5. The molecule has 1 saturated carbocycles. The van der Waals surface area contributed by atoms with Crippen LogP contribution in [0.25, 0.3) is 16.6 Å². The summed E-state index contributed by atoms with van der Waals surface area (Å²) < 4.78 is 31.3. The van der Waals surface area contributed by atoms with Gasteiger partial charge in [-0.2, -0.15) is 10.2 Å². The molecule has 4 aromatic rings. The highest BCUT2D eigenvalue weighted by Crippen LogP contribution is 2.40. The number of fused-ring (bicyclic) bond motifs is 2. The van der Waals surface area contributed by atoms with Gasteiger partial charge in [0.15, 0.2) is 0 Å². The second-order valence-corrected chi connectivity index (χ2v) is 11.1. The molecule has 0 spiro atoms. The molecule has 9 nitrogen and oxygen atoms in total. The number of aryl methyl sites for hydroxylation is 2. The molecule has 35 heavy (non-hydrogen) atoms. The average Bonchev–Trinajstić information content (AvgIpc) is 3.20. The molecule has 0 saturated heterocycles. The third kappa shape index (κ3) is 4.18. The Morgan fingerprint density at radius 2 is 2.03 bits per heavy atom. The minimum absolute atomic E-state index is 0.0193. The Morgan fingerprint density at radius 1 is 1.17 bits per heavy atom. The lowest BCUT2D eigenvalue weighted by Gasteiger charge is -2.19. The molecule has 0 unspecified atom stereocenters. The van der Waals surface area contributed by atoms with E-state index in [2.05, 4.69) is 26.3 Å². The number of carbonyl (C=O) groups is 1. The standard InChI is InChI=1S/C25H26N6O3S/c1-16-11-18-3-2-4-22(18)24(23(16)19-8-10-31-20(12-19)7-9-26-31)28-25(32)29-35(33,34)21-13-27-30(15-21)14-17-5-6-17/h7-13,15,17H,2-6,14H2,1H3,(H2,28,29,32). The van der Waals surface area contributed by atoms with Gasteiger partial charge in [-0.05, 0) is 85.4 Å². The number of rotatable bonds is 6. The zero-order valence-corrected chi connectivity index (χ0v) is 20.2. The normalized spacial score (nSPS) is 15.3. The smallest absolute Gasteiger partial charge is 0.306 e. The van der Waals surface area contributed by atoms with Gasteiger partial charge in [0.05, 0.1) is 17.4 Å². The number of pyridine rings is 1. The zero-order valence-electron chi connectivity index (χ0n) is 19.4. The molecule has 0 radical (unpaired) electrons. The molecule has 180 valence electrons. The lowest BCUT2D eigenvalue weighted by atomic mass is 9.93. The molecule has 10 heteroatoms. The number of carbonyl (C=O) groups excluding carboxylic acids is 1. The zero-order chi connectivity index (χ0) is 24.2. The van der Waals surface area contributed by atoms with Crippen LogP contribution in [0.15, 0.2) is 53.9 Å². The first-order valence-electron chi connectivity index (χ1n) is 11.8. The maximum absolute atomic E-state index is 13.0. The van der Waals surface area contributed by atoms with Crippen molar-refractivity contribution in [2.45, 2.75) is 50.5 Å². The van der Waals surface area contributed by atoms with E-state index in [9.17, 15) is 13.2 Å². The number of nitrogens with one attached hydrogen (secondary N) is 2. The third-order valence-electron chi connectivity index (χ3n) is 6.81. The number of amides is 2. The van der Waals surface area contributed by atoms with Gasteiger partial charge in [-0.1, -0.05) is 6.07 Å². The molecule has 3 heterocycles. The van der Waals surface area contributed by atoms with Crippen LogP contribution in [0.2, 0.25) is 0 Å². The SMILES string of the molecule is Cc1cc2c(c(NC(=O)NS(=O)(=O)c3cnn(CC4CC4)c3)c1-c1ccn3nccc3c1)CCC2. The first-order chi connectivity index (χ1) is 16.9. The maximum atomic E-state index is 13.0. The Morgan fingerprint density at radius 3 is 2.86 bits per heavy atom. The average molecular weight is 491 g/mol. The Balaban J connectivity index is 1.32. The van der Waals surface area contributed by atoms with Crippen molar-refractivity contribution in [2.75, 3.05) is 5.32 Å². The molecule has 6 rings (SSSR count). The van der Waals surface area contributed by atoms with Gasteiger partial charge in [-0.3, -0.25) is 4.68 Å². The Labute approximate surface area is 203 Å². The summed E-state index contributed by atoms with van der Waals surface area (Å²) in [6.07, 6.45) is 11.4. The van der Waals surface area contributed by atoms with Crippen molar-refractivity contribution in [1.29, 1.82) is 0 Å². The summed E-state index contributed by atoms with van der Waals surface area (Å²) in [5, 5.41) is 11.3. The Kier molecular flexibility index (Phi) is 5.14. The van der Waals surface area contributed by atoms with E-state index in [0.717, 1.165) is 59.9 Å². The van der Waals surface area contributed by atoms with Crippen LogP contribution in [0.4, 0.5) is 10.5 Å². The lowest BCUT2D eigenvalue weighted by Crippen LogP contribution is -2.34. The monoisotopic (exact) mass is 490 g/mol. The van der Waals surface area contributed by atoms with E-state index in [-0.39, 0.29) is 4.90 Å². The van der Waals surface area contributed by atoms with Crippen LogP contribution in [0.5, 0.6) is 0 Å². The quantitative estimate of drug-likeness (QED) is 0.426. The van der Waals surface area contributed by atoms with E-state index in [4.69, 9.17) is 0 Å². The summed E-state index contributed by atoms with van der Waals surface area (Å²) in [4.78, 5) is 13.0. The molecule has 0 atom stereocenters. The van der Waals surface area contributed by atoms with Gasteiger partial charge in [-0.25, -0.2) is 22.4 Å². The van der Waals surface area contributed by atoms with Crippen molar-refractivity contribution in [3.8, 4) is 11.1 Å². The predicted molar refractivity (Wildman–Crippen MR) is 132 cm³/mol. The van der Waals surface area contributed by atoms with E-state index in [1.54, 1.807) is 15.4 Å². The summed E-state index contributed by atoms with van der Waals surface area (Å²) in [7, 11) is -4.05. The first kappa shape index (κ1) is 21.8. The molecule has 2 aliphatic carbocycles. The number of benzene rings is 1. The summed E-state index contributed by atoms with van der Waals surface area (Å²) in [5.74, 6) is 0.560. The van der Waals surface area contributed by atoms with Gasteiger partial charge >= 0.3 is 6.03 Å². The van der Waals surface area contributed by atoms with Gasteiger partial charge in [0.2, 0.25) is 0 Å². The molecule has 1 aromatic carbocycles. The van der Waals surface area contributed by atoms with E-state index >= 15 is 0 Å². The van der Waals surface area contributed by atoms with Crippen LogP contribution in [-0.2, 0) is 29.4 Å². The van der Waals surface area contributed by atoms with Crippen molar-refractivity contribution in [2.24, 2.45) is 5.92 Å². The van der Waals surface area contributed by atoms with Crippen LogP contribution in [0, 0.1) is 12.8 Å². The summed E-state index contributed by atoms with van der Waals surface area (Å²) >= 11 is 0. The van der Waals surface area contributed by atoms with Crippen LogP contribution >= 0.6 is 0 Å². The topological polar surface area (TPSA) is 110 Å². The number of anilines is 1. The maximum Gasteiger partial charge on any atom is 0.333 e. The van der Waals surface area contributed by atoms with E-state index < -0.39 is 16.1 Å². The molecule has 0 aliphatic heterocycles. The fourth-order valence-corrected chi connectivity index (χ4v) is 5.81. The molecular weight excluding hydrogens is 464 g/mol. The van der Waals surface area contributed by atoms with Gasteiger partial charge in [0.25, 0.3) is 10.0 Å². The molecule has 2 aliphatic rings. The summed E-state index contributed by atoms with van der Waals surface area (Å²) in [6.45, 7) is 2.71. The highest BCUT2D eigenvalue weighted by molar-refractivity contribution is 7.90. The van der Waals surface area contributed by atoms with Crippen LogP contribution in [-0.4, -0.2) is 33.8 Å². The fourth-order valence-electron chi connectivity index (χ4n) is 4.95. The largest absolute Gasteiger partial charge is 0.333 e. The number of sulfonamides is 1. The van der Waals surface area contributed by atoms with Gasteiger partial charge in [-0.15, -0.1) is 0 Å². The lowest BCUT2D eigenvalue weighted by molar-refractivity contribution is 0.256. The van der Waals surface area contributed by atoms with E-state index in [1.807, 2.05) is 31.3 Å². The van der Waals surface area contributed by atoms with E-state index in [0.29, 0.717) is 18.2 Å². The fraction of sp³-hybridized carbons (Fsp3) is 0.320. The van der Waals surface area contributed by atoms with Crippen LogP contribution in [0.3, 0.4) is 0 Å². The highest BCUT2D eigenvalue weighted by atomic mass is 32.2. The van der Waals surface area contributed by atoms with Crippen molar-refractivity contribution < 1.29 is 13.2 Å². The molecule has 3 aromatic heterocycles. The van der Waals surface area contributed by atoms with Gasteiger partial charge < -0.3 is 5.32 Å². The Hall–Kier alpha value is -3.66. The van der Waals surface area contributed by atoms with E-state index in [1.165, 1.54) is 18.0 Å². The Bertz CT molecular complexity index is 1570. The number of nitrogens with zero attached hydrogens (tertiary/aromatic N) is 4. The number of aromatic nitrogens is 4. The van der Waals surface area contributed by atoms with Crippen LogP contribution < -0.4 is 10.0 Å². The highest BCUT2D eigenvalue weighted by Gasteiger charge is 2.26. The second kappa shape index (κ2) is 8.23. The minimum atomic E-state index is -4.05. The van der Waals surface area contributed by atoms with Crippen molar-refractivity contribution in [3.63, 3.8) is 0 Å². The third-order valence-corrected chi connectivity index (χ3v) is 8.10. The van der Waals surface area contributed by atoms with Crippen molar-refractivity contribution >= 4 is 27.3 Å². The van der Waals surface area contributed by atoms with Gasteiger partial charge in [0, 0.05) is 30.7 Å². The predicted octanol–water partition coefficient (Wildman–Crippen LogP) is 3.92. The molecule has 2 amide bonds. The molecular formula is C25H26N6O3S. The first-order valence-corrected chi connectivity index (χ1v) is 13.3. The molecule has 1 fully saturated rings. The van der Waals surface area contributed by atoms with Crippen LogP contribution in [0.1, 0.15) is 36.0 Å². The second-order valence-electron chi connectivity index (χ2n) is 9.45. The van der Waals surface area contributed by atoms with Crippen molar-refractivity contribution in [1.82, 2.24) is 24.1 Å². The van der Waals surface area contributed by atoms with Crippen molar-refractivity contribution in [3.05, 3.63) is 65.7 Å². The molecule has 0 bridgehead atoms. The number of urea groups is 1.